The molecule has 0 aromatic heterocycles. The number of rotatable bonds is 5. The molecule has 98 valence electrons. The van der Waals surface area contributed by atoms with E-state index in [2.05, 4.69) is 24.8 Å². The molecule has 0 aliphatic carbocycles. The molecule has 0 saturated heterocycles. The predicted octanol–water partition coefficient (Wildman–Crippen LogP) is 4.39. The standard InChI is InChI=1S/C16H17NOS/c17-14-6-10-16(11-7-14)18-15-8-4-13(5-9-15)3-1-2-12-19/h1,3-11,19H,2,12,17H2. The maximum atomic E-state index is 5.72. The lowest BCUT2D eigenvalue weighted by Gasteiger charge is -2.06. The average Bonchev–Trinajstić information content (AvgIpc) is 2.44. The van der Waals surface area contributed by atoms with Crippen molar-refractivity contribution in [1.29, 1.82) is 0 Å². The Morgan fingerprint density at radius 3 is 2.11 bits per heavy atom. The molecule has 2 aromatic rings. The molecule has 0 atom stereocenters. The minimum atomic E-state index is 0.733. The van der Waals surface area contributed by atoms with Crippen LogP contribution in [-0.2, 0) is 0 Å². The summed E-state index contributed by atoms with van der Waals surface area (Å²) in [4.78, 5) is 0. The Bertz CT molecular complexity index is 532. The van der Waals surface area contributed by atoms with Crippen LogP contribution >= 0.6 is 12.6 Å². The third kappa shape index (κ3) is 4.38. The van der Waals surface area contributed by atoms with E-state index >= 15 is 0 Å². The smallest absolute Gasteiger partial charge is 0.127 e. The minimum absolute atomic E-state index is 0.733. The van der Waals surface area contributed by atoms with Gasteiger partial charge in [0, 0.05) is 5.69 Å². The lowest BCUT2D eigenvalue weighted by atomic mass is 10.2. The molecule has 2 rings (SSSR count). The molecule has 0 bridgehead atoms. The van der Waals surface area contributed by atoms with Crippen LogP contribution in [-0.4, -0.2) is 5.75 Å². The van der Waals surface area contributed by atoms with E-state index in [1.807, 2.05) is 48.5 Å². The van der Waals surface area contributed by atoms with Crippen LogP contribution in [0.3, 0.4) is 0 Å². The van der Waals surface area contributed by atoms with Gasteiger partial charge in [-0.1, -0.05) is 24.3 Å². The van der Waals surface area contributed by atoms with Gasteiger partial charge in [0.25, 0.3) is 0 Å². The molecular formula is C16H17NOS. The monoisotopic (exact) mass is 271 g/mol. The molecule has 0 saturated carbocycles. The summed E-state index contributed by atoms with van der Waals surface area (Å²) in [5, 5.41) is 0. The molecule has 0 aliphatic rings. The molecular weight excluding hydrogens is 254 g/mol. The molecule has 0 heterocycles. The lowest BCUT2D eigenvalue weighted by Crippen LogP contribution is -1.86. The summed E-state index contributed by atoms with van der Waals surface area (Å²) >= 11 is 4.17. The van der Waals surface area contributed by atoms with Gasteiger partial charge in [-0.3, -0.25) is 0 Å². The number of ether oxygens (including phenoxy) is 1. The van der Waals surface area contributed by atoms with Gasteiger partial charge in [-0.25, -0.2) is 0 Å². The van der Waals surface area contributed by atoms with E-state index in [1.165, 1.54) is 0 Å². The van der Waals surface area contributed by atoms with Crippen LogP contribution in [0.5, 0.6) is 11.5 Å². The second-order valence-electron chi connectivity index (χ2n) is 4.15. The van der Waals surface area contributed by atoms with Gasteiger partial charge < -0.3 is 10.5 Å². The predicted molar refractivity (Wildman–Crippen MR) is 84.9 cm³/mol. The van der Waals surface area contributed by atoms with Crippen LogP contribution in [0.4, 0.5) is 5.69 Å². The zero-order chi connectivity index (χ0) is 13.5. The fourth-order valence-corrected chi connectivity index (χ4v) is 1.76. The first-order valence-corrected chi connectivity index (χ1v) is 6.82. The van der Waals surface area contributed by atoms with Crippen molar-refractivity contribution < 1.29 is 4.74 Å². The van der Waals surface area contributed by atoms with E-state index in [0.29, 0.717) is 0 Å². The number of nitrogen functional groups attached to an aromatic ring is 1. The largest absolute Gasteiger partial charge is 0.457 e. The summed E-state index contributed by atoms with van der Waals surface area (Å²) in [5.41, 5.74) is 7.52. The summed E-state index contributed by atoms with van der Waals surface area (Å²) in [6.45, 7) is 0. The second-order valence-corrected chi connectivity index (χ2v) is 4.60. The Hall–Kier alpha value is -1.87. The Labute approximate surface area is 119 Å². The lowest BCUT2D eigenvalue weighted by molar-refractivity contribution is 0.483. The van der Waals surface area contributed by atoms with Crippen molar-refractivity contribution in [2.24, 2.45) is 0 Å². The highest BCUT2D eigenvalue weighted by atomic mass is 32.1. The maximum absolute atomic E-state index is 5.72. The van der Waals surface area contributed by atoms with Crippen molar-refractivity contribution in [2.45, 2.75) is 6.42 Å². The number of thiol groups is 1. The first kappa shape index (κ1) is 13.6. The summed E-state index contributed by atoms with van der Waals surface area (Å²) < 4.78 is 5.72. The van der Waals surface area contributed by atoms with Gasteiger partial charge in [0.1, 0.15) is 11.5 Å². The van der Waals surface area contributed by atoms with Crippen LogP contribution in [0.1, 0.15) is 12.0 Å². The molecule has 0 amide bonds. The Kier molecular flexibility index (Phi) is 4.93. The average molecular weight is 271 g/mol. The van der Waals surface area contributed by atoms with Crippen molar-refractivity contribution in [3.63, 3.8) is 0 Å². The van der Waals surface area contributed by atoms with Crippen LogP contribution in [0.15, 0.2) is 54.6 Å². The molecule has 0 unspecified atom stereocenters. The van der Waals surface area contributed by atoms with Crippen molar-refractivity contribution in [2.75, 3.05) is 11.5 Å². The van der Waals surface area contributed by atoms with Gasteiger partial charge in [-0.15, -0.1) is 0 Å². The van der Waals surface area contributed by atoms with Crippen molar-refractivity contribution in [3.8, 4) is 11.5 Å². The van der Waals surface area contributed by atoms with Crippen molar-refractivity contribution >= 4 is 24.4 Å². The fourth-order valence-electron chi connectivity index (χ4n) is 1.61. The van der Waals surface area contributed by atoms with E-state index in [0.717, 1.165) is 34.9 Å². The maximum Gasteiger partial charge on any atom is 0.127 e. The fraction of sp³-hybridized carbons (Fsp3) is 0.125. The van der Waals surface area contributed by atoms with E-state index in [-0.39, 0.29) is 0 Å². The van der Waals surface area contributed by atoms with Crippen LogP contribution in [0.25, 0.3) is 6.08 Å². The van der Waals surface area contributed by atoms with Gasteiger partial charge in [0.15, 0.2) is 0 Å². The first-order valence-electron chi connectivity index (χ1n) is 6.19. The van der Waals surface area contributed by atoms with Gasteiger partial charge >= 0.3 is 0 Å². The van der Waals surface area contributed by atoms with Crippen molar-refractivity contribution in [3.05, 3.63) is 60.2 Å². The zero-order valence-corrected chi connectivity index (χ0v) is 11.5. The van der Waals surface area contributed by atoms with Crippen molar-refractivity contribution in [1.82, 2.24) is 0 Å². The molecule has 19 heavy (non-hydrogen) atoms. The van der Waals surface area contributed by atoms with Gasteiger partial charge in [0.05, 0.1) is 0 Å². The van der Waals surface area contributed by atoms with E-state index in [1.54, 1.807) is 0 Å². The number of hydrogen-bond acceptors (Lipinski definition) is 3. The van der Waals surface area contributed by atoms with Gasteiger partial charge in [0.2, 0.25) is 0 Å². The molecule has 0 aliphatic heterocycles. The van der Waals surface area contributed by atoms with Gasteiger partial charge in [-0.2, -0.15) is 12.6 Å². The van der Waals surface area contributed by atoms with E-state index < -0.39 is 0 Å². The van der Waals surface area contributed by atoms with Crippen LogP contribution in [0, 0.1) is 0 Å². The summed E-state index contributed by atoms with van der Waals surface area (Å²) in [6.07, 6.45) is 5.18. The van der Waals surface area contributed by atoms with Crippen LogP contribution < -0.4 is 10.5 Å². The number of nitrogens with two attached hydrogens (primary N) is 1. The van der Waals surface area contributed by atoms with Gasteiger partial charge in [-0.05, 0) is 54.1 Å². The number of anilines is 1. The Morgan fingerprint density at radius 1 is 0.947 bits per heavy atom. The Morgan fingerprint density at radius 2 is 1.53 bits per heavy atom. The highest BCUT2D eigenvalue weighted by molar-refractivity contribution is 7.80. The molecule has 0 fully saturated rings. The topological polar surface area (TPSA) is 35.2 Å². The summed E-state index contributed by atoms with van der Waals surface area (Å²) in [5.74, 6) is 2.47. The number of benzene rings is 2. The number of hydrogen-bond donors (Lipinski definition) is 2. The Balaban J connectivity index is 2.00. The van der Waals surface area contributed by atoms with E-state index in [9.17, 15) is 0 Å². The van der Waals surface area contributed by atoms with E-state index in [4.69, 9.17) is 10.5 Å². The normalized spacial score (nSPS) is 10.8. The highest BCUT2D eigenvalue weighted by Crippen LogP contribution is 2.22. The molecule has 2 nitrogen and oxygen atoms in total. The van der Waals surface area contributed by atoms with Crippen LogP contribution in [0.2, 0.25) is 0 Å². The highest BCUT2D eigenvalue weighted by Gasteiger charge is 1.96. The molecule has 2 aromatic carbocycles. The second kappa shape index (κ2) is 6.90. The minimum Gasteiger partial charge on any atom is -0.457 e. The summed E-state index contributed by atoms with van der Waals surface area (Å²) in [6, 6.07) is 15.3. The quantitative estimate of drug-likeness (QED) is 0.624. The molecule has 0 radical (unpaired) electrons. The third-order valence-corrected chi connectivity index (χ3v) is 2.86. The summed E-state index contributed by atoms with van der Waals surface area (Å²) in [7, 11) is 0. The molecule has 2 N–H and O–H groups in total. The third-order valence-electron chi connectivity index (χ3n) is 2.60. The number of allylic oxidation sites excluding steroid dienone is 1. The first-order chi connectivity index (χ1) is 9.28. The SMILES string of the molecule is Nc1ccc(Oc2ccc(C=CCCS)cc2)cc1. The zero-order valence-electron chi connectivity index (χ0n) is 10.6. The molecule has 3 heteroatoms. The molecule has 0 spiro atoms.